The number of carbonyl (C=O) groups is 2. The predicted molar refractivity (Wildman–Crippen MR) is 146 cm³/mol. The van der Waals surface area contributed by atoms with Crippen LogP contribution in [-0.2, 0) is 20.7 Å². The second-order valence-corrected chi connectivity index (χ2v) is 9.20. The Morgan fingerprint density at radius 2 is 1.68 bits per heavy atom. The van der Waals surface area contributed by atoms with E-state index in [1.807, 2.05) is 71.6 Å². The van der Waals surface area contributed by atoms with Crippen LogP contribution >= 0.6 is 0 Å². The number of ether oxygens (including phenoxy) is 2. The number of hydrogen-bond donors (Lipinski definition) is 0. The Morgan fingerprint density at radius 1 is 0.895 bits per heavy atom. The summed E-state index contributed by atoms with van der Waals surface area (Å²) in [6.07, 6.45) is 1.07. The average molecular weight is 518 g/mol. The highest BCUT2D eigenvalue weighted by atomic mass is 16.5. The molecule has 9 heteroatoms. The highest BCUT2D eigenvalue weighted by molar-refractivity contribution is 5.86. The van der Waals surface area contributed by atoms with Crippen LogP contribution in [0.5, 0.6) is 5.75 Å². The molecule has 3 aromatic rings. The van der Waals surface area contributed by atoms with Crippen LogP contribution < -0.4 is 9.64 Å². The molecule has 1 aliphatic heterocycles. The first-order valence-electron chi connectivity index (χ1n) is 12.9. The fourth-order valence-electron chi connectivity index (χ4n) is 4.44. The van der Waals surface area contributed by atoms with Gasteiger partial charge in [0, 0.05) is 45.4 Å². The molecule has 0 bridgehead atoms. The van der Waals surface area contributed by atoms with Crippen molar-refractivity contribution in [3.05, 3.63) is 72.3 Å². The summed E-state index contributed by atoms with van der Waals surface area (Å²) in [5, 5.41) is 8.87. The SMILES string of the molecule is COCCN(CC(=O)N1CCCN(c2ccc(-c3ccc(OC)cc3)nn2)CC1)C(=O)Cc1ccccc1. The standard InChI is InChI=1S/C29H35N5O4/c1-37-20-19-34(28(35)21-23-7-4-3-5-8-23)22-29(36)33-16-6-15-32(17-18-33)27-14-13-26(30-31-27)24-9-11-25(38-2)12-10-24/h3-5,7-14H,6,15-22H2,1-2H3. The highest BCUT2D eigenvalue weighted by Gasteiger charge is 2.24. The molecule has 2 aromatic carbocycles. The Kier molecular flexibility index (Phi) is 9.64. The van der Waals surface area contributed by atoms with Crippen molar-refractivity contribution in [1.82, 2.24) is 20.0 Å². The van der Waals surface area contributed by atoms with E-state index in [-0.39, 0.29) is 24.8 Å². The molecule has 0 N–H and O–H groups in total. The number of anilines is 1. The van der Waals surface area contributed by atoms with E-state index in [1.165, 1.54) is 0 Å². The Balaban J connectivity index is 1.34. The number of carbonyl (C=O) groups excluding carboxylic acids is 2. The van der Waals surface area contributed by atoms with E-state index in [9.17, 15) is 9.59 Å². The van der Waals surface area contributed by atoms with Gasteiger partial charge in [0.15, 0.2) is 5.82 Å². The largest absolute Gasteiger partial charge is 0.497 e. The van der Waals surface area contributed by atoms with Crippen LogP contribution in [0.25, 0.3) is 11.3 Å². The summed E-state index contributed by atoms with van der Waals surface area (Å²) in [6, 6.07) is 21.2. The summed E-state index contributed by atoms with van der Waals surface area (Å²) < 4.78 is 10.4. The molecule has 0 atom stereocenters. The summed E-state index contributed by atoms with van der Waals surface area (Å²) in [4.78, 5) is 31.8. The van der Waals surface area contributed by atoms with E-state index >= 15 is 0 Å². The molecule has 0 unspecified atom stereocenters. The van der Waals surface area contributed by atoms with Gasteiger partial charge in [0.2, 0.25) is 11.8 Å². The lowest BCUT2D eigenvalue weighted by atomic mass is 10.1. The summed E-state index contributed by atoms with van der Waals surface area (Å²) in [6.45, 7) is 3.44. The minimum Gasteiger partial charge on any atom is -0.497 e. The number of methoxy groups -OCH3 is 2. The smallest absolute Gasteiger partial charge is 0.242 e. The summed E-state index contributed by atoms with van der Waals surface area (Å²) in [5.41, 5.74) is 2.69. The van der Waals surface area contributed by atoms with Crippen molar-refractivity contribution in [2.75, 3.05) is 65.0 Å². The Bertz CT molecular complexity index is 1170. The lowest BCUT2D eigenvalue weighted by Gasteiger charge is -2.27. The molecule has 1 aromatic heterocycles. The van der Waals surface area contributed by atoms with Crippen molar-refractivity contribution < 1.29 is 19.1 Å². The summed E-state index contributed by atoms with van der Waals surface area (Å²) >= 11 is 0. The zero-order valence-electron chi connectivity index (χ0n) is 22.1. The van der Waals surface area contributed by atoms with Gasteiger partial charge in [-0.3, -0.25) is 9.59 Å². The van der Waals surface area contributed by atoms with Crippen LogP contribution in [0.4, 0.5) is 5.82 Å². The van der Waals surface area contributed by atoms with E-state index in [1.54, 1.807) is 19.1 Å². The van der Waals surface area contributed by atoms with Crippen LogP contribution in [-0.4, -0.2) is 91.9 Å². The number of amides is 2. The molecule has 0 radical (unpaired) electrons. The number of hydrogen-bond acceptors (Lipinski definition) is 7. The van der Waals surface area contributed by atoms with Gasteiger partial charge in [-0.1, -0.05) is 30.3 Å². The Hall–Kier alpha value is -3.98. The molecule has 9 nitrogen and oxygen atoms in total. The molecule has 200 valence electrons. The molecule has 2 amide bonds. The quantitative estimate of drug-likeness (QED) is 0.409. The van der Waals surface area contributed by atoms with Gasteiger partial charge in [-0.2, -0.15) is 0 Å². The molecule has 4 rings (SSSR count). The van der Waals surface area contributed by atoms with Gasteiger partial charge in [-0.05, 0) is 48.4 Å². The summed E-state index contributed by atoms with van der Waals surface area (Å²) in [5.74, 6) is 1.45. The van der Waals surface area contributed by atoms with Crippen molar-refractivity contribution in [3.63, 3.8) is 0 Å². The minimum absolute atomic E-state index is 0.0470. The maximum absolute atomic E-state index is 13.2. The maximum atomic E-state index is 13.2. The van der Waals surface area contributed by atoms with Crippen molar-refractivity contribution in [2.45, 2.75) is 12.8 Å². The molecule has 0 saturated carbocycles. The lowest BCUT2D eigenvalue weighted by molar-refractivity contribution is -0.140. The van der Waals surface area contributed by atoms with Gasteiger partial charge in [-0.15, -0.1) is 10.2 Å². The second kappa shape index (κ2) is 13.5. The molecule has 2 heterocycles. The van der Waals surface area contributed by atoms with Gasteiger partial charge in [0.25, 0.3) is 0 Å². The molecular weight excluding hydrogens is 482 g/mol. The van der Waals surface area contributed by atoms with Gasteiger partial charge in [0.1, 0.15) is 5.75 Å². The van der Waals surface area contributed by atoms with Crippen LogP contribution in [0.1, 0.15) is 12.0 Å². The van der Waals surface area contributed by atoms with Gasteiger partial charge in [-0.25, -0.2) is 0 Å². The molecule has 0 spiro atoms. The number of benzene rings is 2. The molecule has 1 saturated heterocycles. The van der Waals surface area contributed by atoms with Crippen LogP contribution in [0, 0.1) is 0 Å². The first-order valence-corrected chi connectivity index (χ1v) is 12.9. The molecule has 1 fully saturated rings. The van der Waals surface area contributed by atoms with Gasteiger partial charge >= 0.3 is 0 Å². The van der Waals surface area contributed by atoms with E-state index in [0.29, 0.717) is 32.8 Å². The third-order valence-corrected chi connectivity index (χ3v) is 6.65. The Labute approximate surface area is 224 Å². The van der Waals surface area contributed by atoms with E-state index in [0.717, 1.165) is 41.4 Å². The number of nitrogens with zero attached hydrogens (tertiary/aromatic N) is 5. The first-order chi connectivity index (χ1) is 18.6. The predicted octanol–water partition coefficient (Wildman–Crippen LogP) is 2.91. The zero-order chi connectivity index (χ0) is 26.7. The minimum atomic E-state index is -0.0785. The van der Waals surface area contributed by atoms with Gasteiger partial charge < -0.3 is 24.2 Å². The molecule has 38 heavy (non-hydrogen) atoms. The average Bonchev–Trinajstić information content (AvgIpc) is 3.22. The van der Waals surface area contributed by atoms with Crippen molar-refractivity contribution in [2.24, 2.45) is 0 Å². The fourth-order valence-corrected chi connectivity index (χ4v) is 4.44. The second-order valence-electron chi connectivity index (χ2n) is 9.20. The third-order valence-electron chi connectivity index (χ3n) is 6.65. The van der Waals surface area contributed by atoms with Crippen molar-refractivity contribution in [1.29, 1.82) is 0 Å². The van der Waals surface area contributed by atoms with Crippen LogP contribution in [0.15, 0.2) is 66.7 Å². The number of aromatic nitrogens is 2. The Morgan fingerprint density at radius 3 is 2.37 bits per heavy atom. The normalized spacial score (nSPS) is 13.6. The third kappa shape index (κ3) is 7.29. The maximum Gasteiger partial charge on any atom is 0.242 e. The highest BCUT2D eigenvalue weighted by Crippen LogP contribution is 2.22. The van der Waals surface area contributed by atoms with E-state index in [4.69, 9.17) is 9.47 Å². The summed E-state index contributed by atoms with van der Waals surface area (Å²) in [7, 11) is 3.24. The van der Waals surface area contributed by atoms with Gasteiger partial charge in [0.05, 0.1) is 32.4 Å². The van der Waals surface area contributed by atoms with Crippen LogP contribution in [0.3, 0.4) is 0 Å². The molecule has 1 aliphatic rings. The monoisotopic (exact) mass is 517 g/mol. The topological polar surface area (TPSA) is 88.1 Å². The van der Waals surface area contributed by atoms with Crippen LogP contribution in [0.2, 0.25) is 0 Å². The number of rotatable bonds is 10. The molecule has 0 aliphatic carbocycles. The lowest BCUT2D eigenvalue weighted by Crippen LogP contribution is -2.45. The first kappa shape index (κ1) is 27.1. The van der Waals surface area contributed by atoms with E-state index in [2.05, 4.69) is 15.1 Å². The zero-order valence-corrected chi connectivity index (χ0v) is 22.1. The van der Waals surface area contributed by atoms with Crippen molar-refractivity contribution >= 4 is 17.6 Å². The fraction of sp³-hybridized carbons (Fsp3) is 0.379. The van der Waals surface area contributed by atoms with E-state index < -0.39 is 0 Å². The van der Waals surface area contributed by atoms with Crippen molar-refractivity contribution in [3.8, 4) is 17.0 Å². The molecular formula is C29H35N5O4.